The minimum Gasteiger partial charge on any atom is -0.393 e. The molecule has 0 fully saturated rings. The lowest BCUT2D eigenvalue weighted by Crippen LogP contribution is -2.30. The van der Waals surface area contributed by atoms with Gasteiger partial charge in [-0.25, -0.2) is 0 Å². The van der Waals surface area contributed by atoms with Gasteiger partial charge in [0.25, 0.3) is 0 Å². The third kappa shape index (κ3) is 9.21. The van der Waals surface area contributed by atoms with E-state index in [2.05, 4.69) is 10.6 Å². The molecule has 0 rings (SSSR count). The number of hydrogen-bond acceptors (Lipinski definition) is 3. The van der Waals surface area contributed by atoms with Gasteiger partial charge in [0.15, 0.2) is 0 Å². The molecule has 0 saturated carbocycles. The number of hydrogen-bond donors (Lipinski definition) is 3. The van der Waals surface area contributed by atoms with Gasteiger partial charge in [0, 0.05) is 25.9 Å². The number of aliphatic hydroxyl groups excluding tert-OH is 1. The third-order valence-electron chi connectivity index (χ3n) is 1.84. The van der Waals surface area contributed by atoms with Crippen molar-refractivity contribution in [1.29, 1.82) is 0 Å². The summed E-state index contributed by atoms with van der Waals surface area (Å²) in [5.74, 6) is -0.187. The minimum atomic E-state index is -0.459. The molecule has 15 heavy (non-hydrogen) atoms. The van der Waals surface area contributed by atoms with Crippen LogP contribution in [-0.4, -0.2) is 36.1 Å². The maximum atomic E-state index is 11.1. The predicted octanol–water partition coefficient (Wildman–Crippen LogP) is -0.210. The molecule has 0 spiro atoms. The summed E-state index contributed by atoms with van der Waals surface area (Å²) in [6, 6.07) is 0. The van der Waals surface area contributed by atoms with Crippen LogP contribution in [0.2, 0.25) is 0 Å². The number of nitrogens with one attached hydrogen (secondary N) is 2. The number of aliphatic hydroxyl groups is 1. The number of amides is 2. The van der Waals surface area contributed by atoms with Crippen molar-refractivity contribution in [1.82, 2.24) is 10.6 Å². The lowest BCUT2D eigenvalue weighted by atomic mass is 10.2. The molecular formula is C10H20N2O3. The minimum absolute atomic E-state index is 0.0617. The number of carbonyl (C=O) groups is 2. The second-order valence-corrected chi connectivity index (χ2v) is 3.44. The first-order valence-electron chi connectivity index (χ1n) is 5.27. The zero-order valence-electron chi connectivity index (χ0n) is 9.38. The van der Waals surface area contributed by atoms with Gasteiger partial charge < -0.3 is 15.7 Å². The Bertz CT molecular complexity index is 205. The first-order chi connectivity index (χ1) is 7.06. The summed E-state index contributed by atoms with van der Waals surface area (Å²) >= 11 is 0. The second kappa shape index (κ2) is 8.23. The van der Waals surface area contributed by atoms with E-state index in [0.29, 0.717) is 32.4 Å². The molecule has 2 amide bonds. The largest absolute Gasteiger partial charge is 0.393 e. The van der Waals surface area contributed by atoms with Crippen molar-refractivity contribution < 1.29 is 14.7 Å². The van der Waals surface area contributed by atoms with E-state index in [9.17, 15) is 9.59 Å². The van der Waals surface area contributed by atoms with E-state index >= 15 is 0 Å². The van der Waals surface area contributed by atoms with Crippen LogP contribution in [0.15, 0.2) is 0 Å². The van der Waals surface area contributed by atoms with Gasteiger partial charge in [0.2, 0.25) is 11.8 Å². The highest BCUT2D eigenvalue weighted by Crippen LogP contribution is 1.94. The molecule has 5 nitrogen and oxygen atoms in total. The average Bonchev–Trinajstić information content (AvgIpc) is 2.15. The molecule has 0 bridgehead atoms. The quantitative estimate of drug-likeness (QED) is 0.551. The summed E-state index contributed by atoms with van der Waals surface area (Å²) in [7, 11) is 0. The Kier molecular flexibility index (Phi) is 7.62. The van der Waals surface area contributed by atoms with Gasteiger partial charge in [-0.3, -0.25) is 9.59 Å². The Balaban J connectivity index is 3.42. The lowest BCUT2D eigenvalue weighted by molar-refractivity contribution is -0.122. The first kappa shape index (κ1) is 13.9. The Morgan fingerprint density at radius 3 is 2.33 bits per heavy atom. The normalized spacial score (nSPS) is 11.9. The van der Waals surface area contributed by atoms with Crippen molar-refractivity contribution in [2.24, 2.45) is 0 Å². The van der Waals surface area contributed by atoms with Crippen LogP contribution in [0, 0.1) is 0 Å². The topological polar surface area (TPSA) is 78.4 Å². The summed E-state index contributed by atoms with van der Waals surface area (Å²) in [5.41, 5.74) is 0. The second-order valence-electron chi connectivity index (χ2n) is 3.44. The molecule has 0 aromatic rings. The van der Waals surface area contributed by atoms with Crippen LogP contribution >= 0.6 is 0 Å². The van der Waals surface area contributed by atoms with Crippen LogP contribution < -0.4 is 10.6 Å². The van der Waals surface area contributed by atoms with Crippen molar-refractivity contribution >= 4 is 11.8 Å². The highest BCUT2D eigenvalue weighted by molar-refractivity contribution is 5.78. The van der Waals surface area contributed by atoms with Gasteiger partial charge in [0.1, 0.15) is 0 Å². The Hall–Kier alpha value is -1.10. The fourth-order valence-corrected chi connectivity index (χ4v) is 1.03. The molecule has 5 heteroatoms. The van der Waals surface area contributed by atoms with E-state index < -0.39 is 6.10 Å². The summed E-state index contributed by atoms with van der Waals surface area (Å²) in [6.07, 6.45) is 0.591. The van der Waals surface area contributed by atoms with E-state index in [0.717, 1.165) is 0 Å². The van der Waals surface area contributed by atoms with Crippen LogP contribution in [0.5, 0.6) is 0 Å². The highest BCUT2D eigenvalue weighted by Gasteiger charge is 2.04. The Labute approximate surface area is 90.2 Å². The van der Waals surface area contributed by atoms with Crippen LogP contribution in [0.25, 0.3) is 0 Å². The van der Waals surface area contributed by atoms with Gasteiger partial charge in [-0.05, 0) is 20.3 Å². The molecule has 0 saturated heterocycles. The molecule has 0 aliphatic heterocycles. The first-order valence-corrected chi connectivity index (χ1v) is 5.27. The van der Waals surface area contributed by atoms with Crippen LogP contribution in [0.4, 0.5) is 0 Å². The van der Waals surface area contributed by atoms with Crippen LogP contribution in [0.3, 0.4) is 0 Å². The van der Waals surface area contributed by atoms with E-state index in [1.54, 1.807) is 6.92 Å². The smallest absolute Gasteiger partial charge is 0.221 e. The fourth-order valence-electron chi connectivity index (χ4n) is 1.03. The third-order valence-corrected chi connectivity index (χ3v) is 1.84. The summed E-state index contributed by atoms with van der Waals surface area (Å²) in [4.78, 5) is 22.1. The molecule has 3 N–H and O–H groups in total. The molecule has 0 aromatic heterocycles. The van der Waals surface area contributed by atoms with Crippen LogP contribution in [-0.2, 0) is 9.59 Å². The maximum Gasteiger partial charge on any atom is 0.221 e. The zero-order chi connectivity index (χ0) is 11.7. The van der Waals surface area contributed by atoms with E-state index in [1.165, 1.54) is 0 Å². The summed E-state index contributed by atoms with van der Waals surface area (Å²) in [5, 5.41) is 14.2. The fraction of sp³-hybridized carbons (Fsp3) is 0.800. The molecule has 1 atom stereocenters. The lowest BCUT2D eigenvalue weighted by Gasteiger charge is -2.06. The molecular weight excluding hydrogens is 196 g/mol. The van der Waals surface area contributed by atoms with Crippen molar-refractivity contribution in [3.05, 3.63) is 0 Å². The molecule has 0 aliphatic carbocycles. The molecule has 1 unspecified atom stereocenters. The predicted molar refractivity (Wildman–Crippen MR) is 57.2 cm³/mol. The molecule has 0 radical (unpaired) electrons. The van der Waals surface area contributed by atoms with Crippen molar-refractivity contribution in [3.63, 3.8) is 0 Å². The molecule has 0 aliphatic rings. The van der Waals surface area contributed by atoms with Gasteiger partial charge in [-0.1, -0.05) is 0 Å². The van der Waals surface area contributed by atoms with Crippen LogP contribution in [0.1, 0.15) is 33.1 Å². The highest BCUT2D eigenvalue weighted by atomic mass is 16.3. The van der Waals surface area contributed by atoms with Gasteiger partial charge in [0.05, 0.1) is 6.10 Å². The van der Waals surface area contributed by atoms with Crippen molar-refractivity contribution in [2.75, 3.05) is 13.1 Å². The number of carbonyl (C=O) groups excluding carboxylic acids is 2. The molecule has 0 heterocycles. The van der Waals surface area contributed by atoms with Gasteiger partial charge in [-0.15, -0.1) is 0 Å². The van der Waals surface area contributed by atoms with E-state index in [1.807, 2.05) is 6.92 Å². The van der Waals surface area contributed by atoms with E-state index in [4.69, 9.17) is 5.11 Å². The summed E-state index contributed by atoms with van der Waals surface area (Å²) < 4.78 is 0. The average molecular weight is 216 g/mol. The standard InChI is InChI=1S/C10H20N2O3/c1-3-11-10(15)6-7-12-9(14)5-4-8(2)13/h8,13H,3-7H2,1-2H3,(H,11,15)(H,12,14). The maximum absolute atomic E-state index is 11.1. The monoisotopic (exact) mass is 216 g/mol. The van der Waals surface area contributed by atoms with Crippen molar-refractivity contribution in [3.8, 4) is 0 Å². The Morgan fingerprint density at radius 1 is 1.20 bits per heavy atom. The van der Waals surface area contributed by atoms with Gasteiger partial charge >= 0.3 is 0 Å². The van der Waals surface area contributed by atoms with E-state index in [-0.39, 0.29) is 11.8 Å². The SMILES string of the molecule is CCNC(=O)CCNC(=O)CCC(C)O. The Morgan fingerprint density at radius 2 is 1.80 bits per heavy atom. The van der Waals surface area contributed by atoms with Crippen molar-refractivity contribution in [2.45, 2.75) is 39.2 Å². The summed E-state index contributed by atoms with van der Waals surface area (Å²) in [6.45, 7) is 4.44. The molecule has 88 valence electrons. The zero-order valence-corrected chi connectivity index (χ0v) is 9.38. The number of rotatable bonds is 7. The molecule has 0 aromatic carbocycles. The van der Waals surface area contributed by atoms with Gasteiger partial charge in [-0.2, -0.15) is 0 Å².